The molecule has 0 radical (unpaired) electrons. The van der Waals surface area contributed by atoms with Gasteiger partial charge in [0.25, 0.3) is 0 Å². The number of fused-ring (bicyclic) bond motifs is 1. The third-order valence-corrected chi connectivity index (χ3v) is 2.95. The molecule has 0 amide bonds. The molecular weight excluding hydrogens is 240 g/mol. The van der Waals surface area contributed by atoms with E-state index in [4.69, 9.17) is 0 Å². The number of dihydropyridines is 1. The van der Waals surface area contributed by atoms with Gasteiger partial charge in [-0.05, 0) is 23.8 Å². The van der Waals surface area contributed by atoms with Crippen LogP contribution >= 0.6 is 0 Å². The highest BCUT2D eigenvalue weighted by Crippen LogP contribution is 2.12. The Labute approximate surface area is 110 Å². The van der Waals surface area contributed by atoms with Gasteiger partial charge < -0.3 is 15.7 Å². The highest BCUT2D eigenvalue weighted by molar-refractivity contribution is 5.74. The topological polar surface area (TPSA) is 70.1 Å². The van der Waals surface area contributed by atoms with Crippen LogP contribution < -0.4 is 10.6 Å². The van der Waals surface area contributed by atoms with Crippen molar-refractivity contribution in [3.05, 3.63) is 59.9 Å². The zero-order valence-electron chi connectivity index (χ0n) is 10.3. The van der Waals surface area contributed by atoms with Gasteiger partial charge in [0.2, 0.25) is 0 Å². The fraction of sp³-hybridized carbons (Fsp3) is 0.143. The maximum absolute atomic E-state index is 9.69. The van der Waals surface area contributed by atoms with Crippen molar-refractivity contribution < 1.29 is 5.11 Å². The van der Waals surface area contributed by atoms with Gasteiger partial charge >= 0.3 is 0 Å². The molecule has 0 atom stereocenters. The summed E-state index contributed by atoms with van der Waals surface area (Å²) in [6.45, 7) is 1.28. The van der Waals surface area contributed by atoms with Crippen LogP contribution in [0.1, 0.15) is 5.56 Å². The molecule has 96 valence electrons. The van der Waals surface area contributed by atoms with Crippen molar-refractivity contribution in [2.24, 2.45) is 0 Å². The molecule has 5 heteroatoms. The summed E-state index contributed by atoms with van der Waals surface area (Å²) in [5.41, 5.74) is 3.54. The molecule has 1 aliphatic rings. The molecule has 5 nitrogen and oxygen atoms in total. The van der Waals surface area contributed by atoms with E-state index in [-0.39, 0.29) is 5.76 Å². The smallest absolute Gasteiger partial charge is 0.137 e. The van der Waals surface area contributed by atoms with E-state index in [9.17, 15) is 5.11 Å². The number of aromatic nitrogens is 2. The molecule has 3 N–H and O–H groups in total. The predicted molar refractivity (Wildman–Crippen MR) is 73.2 cm³/mol. The second kappa shape index (κ2) is 4.97. The van der Waals surface area contributed by atoms with Crippen LogP contribution in [-0.4, -0.2) is 21.6 Å². The van der Waals surface area contributed by atoms with Gasteiger partial charge in [-0.3, -0.25) is 9.97 Å². The number of rotatable bonds is 3. The van der Waals surface area contributed by atoms with Gasteiger partial charge in [-0.2, -0.15) is 0 Å². The normalized spacial score (nSPS) is 14.5. The van der Waals surface area contributed by atoms with Gasteiger partial charge in [-0.1, -0.05) is 6.07 Å². The standard InChI is InChI=1S/C14H14N4O/c19-14-3-4-15-9-13(14)18-8-10-1-2-11-12(7-10)17-6-5-16-11/h1-3,5-7,9,15,18-19H,4,8H2. The van der Waals surface area contributed by atoms with Crippen LogP contribution in [0.25, 0.3) is 11.0 Å². The molecule has 0 saturated carbocycles. The summed E-state index contributed by atoms with van der Waals surface area (Å²) in [7, 11) is 0. The van der Waals surface area contributed by atoms with Crippen molar-refractivity contribution in [3.63, 3.8) is 0 Å². The molecule has 0 unspecified atom stereocenters. The molecule has 19 heavy (non-hydrogen) atoms. The van der Waals surface area contributed by atoms with Crippen LogP contribution in [0.15, 0.2) is 54.3 Å². The largest absolute Gasteiger partial charge is 0.506 e. The minimum absolute atomic E-state index is 0.277. The lowest BCUT2D eigenvalue weighted by Crippen LogP contribution is -2.22. The Hall–Kier alpha value is -2.56. The Bertz CT molecular complexity index is 663. The molecule has 2 aromatic rings. The lowest BCUT2D eigenvalue weighted by molar-refractivity contribution is 0.406. The summed E-state index contributed by atoms with van der Waals surface area (Å²) in [5, 5.41) is 15.9. The molecule has 0 fully saturated rings. The summed E-state index contributed by atoms with van der Waals surface area (Å²) in [6, 6.07) is 5.94. The maximum atomic E-state index is 9.69. The number of nitrogens with zero attached hydrogens (tertiary/aromatic N) is 2. The SMILES string of the molecule is OC1=CCNC=C1NCc1ccc2nccnc2c1. The summed E-state index contributed by atoms with van der Waals surface area (Å²) < 4.78 is 0. The molecule has 0 saturated heterocycles. The van der Waals surface area contributed by atoms with Crippen molar-refractivity contribution in [1.82, 2.24) is 20.6 Å². The Morgan fingerprint density at radius 2 is 2.05 bits per heavy atom. The van der Waals surface area contributed by atoms with Crippen LogP contribution in [0.4, 0.5) is 0 Å². The van der Waals surface area contributed by atoms with E-state index >= 15 is 0 Å². The zero-order valence-corrected chi connectivity index (χ0v) is 10.3. The summed E-state index contributed by atoms with van der Waals surface area (Å²) in [5.74, 6) is 0.277. The molecule has 1 aromatic heterocycles. The average Bonchev–Trinajstić information content (AvgIpc) is 2.46. The monoisotopic (exact) mass is 254 g/mol. The van der Waals surface area contributed by atoms with Gasteiger partial charge in [0.1, 0.15) is 5.76 Å². The fourth-order valence-electron chi connectivity index (χ4n) is 1.96. The lowest BCUT2D eigenvalue weighted by atomic mass is 10.2. The minimum atomic E-state index is 0.277. The Balaban J connectivity index is 1.75. The molecular formula is C14H14N4O. The number of aliphatic hydroxyl groups is 1. The van der Waals surface area contributed by atoms with E-state index in [0.717, 1.165) is 16.6 Å². The van der Waals surface area contributed by atoms with Crippen molar-refractivity contribution in [3.8, 4) is 0 Å². The van der Waals surface area contributed by atoms with Crippen molar-refractivity contribution >= 4 is 11.0 Å². The third-order valence-electron chi connectivity index (χ3n) is 2.95. The minimum Gasteiger partial charge on any atom is -0.506 e. The van der Waals surface area contributed by atoms with Gasteiger partial charge in [0.15, 0.2) is 0 Å². The Kier molecular flexibility index (Phi) is 3.02. The Morgan fingerprint density at radius 1 is 1.21 bits per heavy atom. The molecule has 0 aliphatic carbocycles. The van der Waals surface area contributed by atoms with Crippen molar-refractivity contribution in [1.29, 1.82) is 0 Å². The lowest BCUT2D eigenvalue weighted by Gasteiger charge is -2.14. The number of nitrogens with one attached hydrogen (secondary N) is 2. The molecule has 2 heterocycles. The van der Waals surface area contributed by atoms with E-state index in [0.29, 0.717) is 18.8 Å². The number of hydrogen-bond donors (Lipinski definition) is 3. The van der Waals surface area contributed by atoms with Gasteiger partial charge in [-0.25, -0.2) is 0 Å². The van der Waals surface area contributed by atoms with Crippen LogP contribution in [0.5, 0.6) is 0 Å². The van der Waals surface area contributed by atoms with E-state index in [2.05, 4.69) is 20.6 Å². The van der Waals surface area contributed by atoms with Crippen LogP contribution in [0, 0.1) is 0 Å². The number of benzene rings is 1. The first kappa shape index (κ1) is 11.5. The number of aliphatic hydroxyl groups excluding tert-OH is 1. The van der Waals surface area contributed by atoms with Crippen molar-refractivity contribution in [2.45, 2.75) is 6.54 Å². The van der Waals surface area contributed by atoms with E-state index in [1.54, 1.807) is 24.7 Å². The zero-order chi connectivity index (χ0) is 13.1. The van der Waals surface area contributed by atoms with Crippen LogP contribution in [-0.2, 0) is 6.54 Å². The van der Waals surface area contributed by atoms with E-state index < -0.39 is 0 Å². The summed E-state index contributed by atoms with van der Waals surface area (Å²) in [6.07, 6.45) is 6.87. The predicted octanol–water partition coefficient (Wildman–Crippen LogP) is 1.61. The van der Waals surface area contributed by atoms with Crippen molar-refractivity contribution in [2.75, 3.05) is 6.54 Å². The first-order chi connectivity index (χ1) is 9.33. The molecule has 3 rings (SSSR count). The maximum Gasteiger partial charge on any atom is 0.137 e. The second-order valence-electron chi connectivity index (χ2n) is 4.29. The van der Waals surface area contributed by atoms with E-state index in [1.807, 2.05) is 18.2 Å². The van der Waals surface area contributed by atoms with Crippen LogP contribution in [0.3, 0.4) is 0 Å². The van der Waals surface area contributed by atoms with Crippen LogP contribution in [0.2, 0.25) is 0 Å². The number of hydrogen-bond acceptors (Lipinski definition) is 5. The second-order valence-corrected chi connectivity index (χ2v) is 4.29. The average molecular weight is 254 g/mol. The summed E-state index contributed by atoms with van der Waals surface area (Å²) >= 11 is 0. The summed E-state index contributed by atoms with van der Waals surface area (Å²) in [4.78, 5) is 8.50. The Morgan fingerprint density at radius 3 is 2.89 bits per heavy atom. The highest BCUT2D eigenvalue weighted by Gasteiger charge is 2.06. The molecule has 0 spiro atoms. The highest BCUT2D eigenvalue weighted by atomic mass is 16.3. The quantitative estimate of drug-likeness (QED) is 0.776. The first-order valence-electron chi connectivity index (χ1n) is 6.09. The fourth-order valence-corrected chi connectivity index (χ4v) is 1.96. The van der Waals surface area contributed by atoms with Gasteiger partial charge in [0.05, 0.1) is 16.7 Å². The molecule has 0 bridgehead atoms. The molecule has 1 aliphatic heterocycles. The van der Waals surface area contributed by atoms with Gasteiger partial charge in [0, 0.05) is 31.7 Å². The third kappa shape index (κ3) is 2.49. The van der Waals surface area contributed by atoms with E-state index in [1.165, 1.54) is 0 Å². The van der Waals surface area contributed by atoms with Gasteiger partial charge in [-0.15, -0.1) is 0 Å². The molecule has 1 aromatic carbocycles. The first-order valence-corrected chi connectivity index (χ1v) is 6.09.